The maximum atomic E-state index is 10.8. The number of aromatic hydroxyl groups is 1. The molecular formula is C14H13BrN2O4. The molecule has 7 heteroatoms. The monoisotopic (exact) mass is 352 g/mol. The second-order valence-electron chi connectivity index (χ2n) is 4.27. The second kappa shape index (κ2) is 6.45. The van der Waals surface area contributed by atoms with Crippen LogP contribution < -0.4 is 10.1 Å². The number of halogens is 1. The van der Waals surface area contributed by atoms with Crippen molar-refractivity contribution >= 4 is 27.3 Å². The lowest BCUT2D eigenvalue weighted by Crippen LogP contribution is -2.01. The molecule has 0 aromatic heterocycles. The Bertz CT molecular complexity index is 676. The first-order valence-corrected chi connectivity index (χ1v) is 6.84. The number of nitro groups is 1. The van der Waals surface area contributed by atoms with Crippen LogP contribution in [-0.2, 0) is 6.54 Å². The average molecular weight is 353 g/mol. The zero-order valence-corrected chi connectivity index (χ0v) is 12.8. The minimum absolute atomic E-state index is 0.00411. The van der Waals surface area contributed by atoms with Crippen molar-refractivity contribution in [3.05, 3.63) is 56.5 Å². The van der Waals surface area contributed by atoms with Crippen molar-refractivity contribution in [2.75, 3.05) is 12.4 Å². The van der Waals surface area contributed by atoms with Crippen molar-refractivity contribution in [3.8, 4) is 11.5 Å². The van der Waals surface area contributed by atoms with Gasteiger partial charge in [0, 0.05) is 28.7 Å². The van der Waals surface area contributed by atoms with Crippen LogP contribution in [-0.4, -0.2) is 17.1 Å². The van der Waals surface area contributed by atoms with E-state index in [2.05, 4.69) is 21.2 Å². The number of nitro benzene ring substituents is 1. The molecule has 0 aliphatic carbocycles. The first-order chi connectivity index (χ1) is 10.0. The predicted molar refractivity (Wildman–Crippen MR) is 82.8 cm³/mol. The van der Waals surface area contributed by atoms with E-state index in [4.69, 9.17) is 4.74 Å². The molecule has 0 aliphatic rings. The largest absolute Gasteiger partial charge is 0.508 e. The maximum absolute atomic E-state index is 10.8. The Morgan fingerprint density at radius 2 is 2.10 bits per heavy atom. The van der Waals surface area contributed by atoms with Crippen LogP contribution in [0.5, 0.6) is 11.5 Å². The first-order valence-electron chi connectivity index (χ1n) is 6.05. The van der Waals surface area contributed by atoms with E-state index in [9.17, 15) is 15.2 Å². The lowest BCUT2D eigenvalue weighted by atomic mass is 10.2. The van der Waals surface area contributed by atoms with Crippen molar-refractivity contribution in [1.82, 2.24) is 0 Å². The van der Waals surface area contributed by atoms with E-state index in [1.165, 1.54) is 12.1 Å². The fourth-order valence-corrected chi connectivity index (χ4v) is 2.17. The number of nitrogens with zero attached hydrogens (tertiary/aromatic N) is 1. The van der Waals surface area contributed by atoms with Gasteiger partial charge in [-0.25, -0.2) is 0 Å². The standard InChI is InChI=1S/C14H13BrN2O4/c1-21-11-3-5-14(18)9(6-11)8-16-13-7-10(17(19)20)2-4-12(13)15/h2-7,16,18H,8H2,1H3. The van der Waals surface area contributed by atoms with E-state index >= 15 is 0 Å². The number of benzene rings is 2. The number of anilines is 1. The number of non-ortho nitro benzene ring substituents is 1. The summed E-state index contributed by atoms with van der Waals surface area (Å²) in [5, 5.41) is 23.6. The van der Waals surface area contributed by atoms with Crippen LogP contribution in [0.1, 0.15) is 5.56 Å². The Hall–Kier alpha value is -2.28. The van der Waals surface area contributed by atoms with Gasteiger partial charge in [-0.15, -0.1) is 0 Å². The van der Waals surface area contributed by atoms with Gasteiger partial charge >= 0.3 is 0 Å². The number of hydrogen-bond acceptors (Lipinski definition) is 5. The highest BCUT2D eigenvalue weighted by atomic mass is 79.9. The van der Waals surface area contributed by atoms with Crippen molar-refractivity contribution < 1.29 is 14.8 Å². The van der Waals surface area contributed by atoms with Crippen LogP contribution in [0.3, 0.4) is 0 Å². The van der Waals surface area contributed by atoms with Crippen LogP contribution >= 0.6 is 15.9 Å². The number of phenolic OH excluding ortho intramolecular Hbond substituents is 1. The number of rotatable bonds is 5. The minimum atomic E-state index is -0.458. The zero-order chi connectivity index (χ0) is 15.4. The number of nitrogens with one attached hydrogen (secondary N) is 1. The van der Waals surface area contributed by atoms with Crippen LogP contribution in [0.25, 0.3) is 0 Å². The molecule has 21 heavy (non-hydrogen) atoms. The van der Waals surface area contributed by atoms with Crippen molar-refractivity contribution in [2.45, 2.75) is 6.54 Å². The minimum Gasteiger partial charge on any atom is -0.508 e. The summed E-state index contributed by atoms with van der Waals surface area (Å²) < 4.78 is 5.80. The van der Waals surface area contributed by atoms with Crippen LogP contribution in [0.2, 0.25) is 0 Å². The van der Waals surface area contributed by atoms with Gasteiger partial charge < -0.3 is 15.2 Å². The molecule has 6 nitrogen and oxygen atoms in total. The summed E-state index contributed by atoms with van der Waals surface area (Å²) in [4.78, 5) is 10.3. The van der Waals surface area contributed by atoms with Crippen LogP contribution in [0, 0.1) is 10.1 Å². The Morgan fingerprint density at radius 1 is 1.33 bits per heavy atom. The Labute approximate surface area is 129 Å². The van der Waals surface area contributed by atoms with E-state index < -0.39 is 4.92 Å². The van der Waals surface area contributed by atoms with Gasteiger partial charge in [-0.3, -0.25) is 10.1 Å². The third-order valence-electron chi connectivity index (χ3n) is 2.92. The van der Waals surface area contributed by atoms with E-state index in [1.54, 1.807) is 31.4 Å². The third-order valence-corrected chi connectivity index (χ3v) is 3.61. The molecule has 0 spiro atoms. The molecule has 0 saturated heterocycles. The highest BCUT2D eigenvalue weighted by Gasteiger charge is 2.10. The molecular weight excluding hydrogens is 340 g/mol. The van der Waals surface area contributed by atoms with Gasteiger partial charge in [-0.1, -0.05) is 0 Å². The van der Waals surface area contributed by atoms with Gasteiger partial charge in [0.25, 0.3) is 5.69 Å². The Morgan fingerprint density at radius 3 is 2.76 bits per heavy atom. The normalized spacial score (nSPS) is 10.2. The molecule has 2 N–H and O–H groups in total. The number of ether oxygens (including phenoxy) is 1. The highest BCUT2D eigenvalue weighted by molar-refractivity contribution is 9.10. The molecule has 2 rings (SSSR count). The number of methoxy groups -OCH3 is 1. The molecule has 0 unspecified atom stereocenters. The second-order valence-corrected chi connectivity index (χ2v) is 5.12. The molecule has 0 atom stereocenters. The van der Waals surface area contributed by atoms with E-state index in [-0.39, 0.29) is 11.4 Å². The van der Waals surface area contributed by atoms with Crippen molar-refractivity contribution in [3.63, 3.8) is 0 Å². The average Bonchev–Trinajstić information content (AvgIpc) is 2.47. The molecule has 0 aliphatic heterocycles. The van der Waals surface area contributed by atoms with Gasteiger partial charge in [0.05, 0.1) is 17.7 Å². The molecule has 0 amide bonds. The summed E-state index contributed by atoms with van der Waals surface area (Å²) in [6.07, 6.45) is 0. The SMILES string of the molecule is COc1ccc(O)c(CNc2cc([N+](=O)[O-])ccc2Br)c1. The Kier molecular flexibility index (Phi) is 4.64. The summed E-state index contributed by atoms with van der Waals surface area (Å²) in [5.41, 5.74) is 1.20. The molecule has 0 saturated carbocycles. The van der Waals surface area contributed by atoms with Crippen molar-refractivity contribution in [1.29, 1.82) is 0 Å². The molecule has 2 aromatic carbocycles. The van der Waals surface area contributed by atoms with Gasteiger partial charge in [-0.05, 0) is 40.2 Å². The Balaban J connectivity index is 2.20. The van der Waals surface area contributed by atoms with Crippen LogP contribution in [0.15, 0.2) is 40.9 Å². The molecule has 0 radical (unpaired) electrons. The molecule has 110 valence electrons. The summed E-state index contributed by atoms with van der Waals surface area (Å²) >= 11 is 3.33. The lowest BCUT2D eigenvalue weighted by Gasteiger charge is -2.11. The zero-order valence-electron chi connectivity index (χ0n) is 11.2. The number of hydrogen-bond donors (Lipinski definition) is 2. The predicted octanol–water partition coefficient (Wildman–Crippen LogP) is 3.68. The molecule has 0 fully saturated rings. The van der Waals surface area contributed by atoms with Crippen LogP contribution in [0.4, 0.5) is 11.4 Å². The van der Waals surface area contributed by atoms with E-state index in [0.717, 1.165) is 0 Å². The molecule has 0 bridgehead atoms. The van der Waals surface area contributed by atoms with Gasteiger partial charge in [0.2, 0.25) is 0 Å². The first kappa shape index (κ1) is 15.1. The van der Waals surface area contributed by atoms with E-state index in [0.29, 0.717) is 28.0 Å². The highest BCUT2D eigenvalue weighted by Crippen LogP contribution is 2.29. The van der Waals surface area contributed by atoms with Gasteiger partial charge in [0.15, 0.2) is 0 Å². The quantitative estimate of drug-likeness (QED) is 0.633. The summed E-state index contributed by atoms with van der Waals surface area (Å²) in [6.45, 7) is 0.308. The summed E-state index contributed by atoms with van der Waals surface area (Å²) in [7, 11) is 1.54. The van der Waals surface area contributed by atoms with Crippen molar-refractivity contribution in [2.24, 2.45) is 0 Å². The smallest absolute Gasteiger partial charge is 0.271 e. The van der Waals surface area contributed by atoms with Gasteiger partial charge in [-0.2, -0.15) is 0 Å². The number of phenols is 1. The third kappa shape index (κ3) is 3.63. The van der Waals surface area contributed by atoms with E-state index in [1.807, 2.05) is 0 Å². The molecule has 2 aromatic rings. The summed E-state index contributed by atoms with van der Waals surface area (Å²) in [5.74, 6) is 0.757. The molecule has 0 heterocycles. The fraction of sp³-hybridized carbons (Fsp3) is 0.143. The lowest BCUT2D eigenvalue weighted by molar-refractivity contribution is -0.384. The fourth-order valence-electron chi connectivity index (χ4n) is 1.78. The topological polar surface area (TPSA) is 84.6 Å². The van der Waals surface area contributed by atoms with Gasteiger partial charge in [0.1, 0.15) is 11.5 Å². The maximum Gasteiger partial charge on any atom is 0.271 e. The summed E-state index contributed by atoms with van der Waals surface area (Å²) in [6, 6.07) is 9.35.